The van der Waals surface area contributed by atoms with Crippen LogP contribution in [0, 0.1) is 11.8 Å². The van der Waals surface area contributed by atoms with Gasteiger partial charge in [-0.1, -0.05) is 24.0 Å². The summed E-state index contributed by atoms with van der Waals surface area (Å²) in [5, 5.41) is 0. The minimum atomic E-state index is 0.984. The molecule has 0 bridgehead atoms. The lowest BCUT2D eigenvalue weighted by Gasteiger charge is -2.26. The second kappa shape index (κ2) is 9.64. The minimum Gasteiger partial charge on any atom is -0.301 e. The Labute approximate surface area is 149 Å². The third kappa shape index (κ3) is 6.08. The van der Waals surface area contributed by atoms with Gasteiger partial charge >= 0.3 is 0 Å². The molecule has 4 heteroatoms. The van der Waals surface area contributed by atoms with Crippen molar-refractivity contribution in [2.75, 3.05) is 55.7 Å². The highest BCUT2D eigenvalue weighted by molar-refractivity contribution is 7.99. The molecule has 0 spiro atoms. The van der Waals surface area contributed by atoms with Crippen LogP contribution in [-0.4, -0.2) is 65.5 Å². The van der Waals surface area contributed by atoms with Gasteiger partial charge in [0.15, 0.2) is 0 Å². The van der Waals surface area contributed by atoms with Gasteiger partial charge in [0.2, 0.25) is 0 Å². The Balaban J connectivity index is 1.42. The van der Waals surface area contributed by atoms with Crippen LogP contribution >= 0.6 is 23.5 Å². The highest BCUT2D eigenvalue weighted by atomic mass is 32.2. The molecule has 2 aliphatic heterocycles. The van der Waals surface area contributed by atoms with E-state index in [1.165, 1.54) is 54.8 Å². The van der Waals surface area contributed by atoms with Crippen LogP contribution in [-0.2, 0) is 6.54 Å². The van der Waals surface area contributed by atoms with Gasteiger partial charge in [-0.25, -0.2) is 0 Å². The van der Waals surface area contributed by atoms with E-state index >= 15 is 0 Å². The Morgan fingerprint density at radius 2 is 1.43 bits per heavy atom. The van der Waals surface area contributed by atoms with Gasteiger partial charge in [0.1, 0.15) is 0 Å². The van der Waals surface area contributed by atoms with Gasteiger partial charge in [0.25, 0.3) is 0 Å². The summed E-state index contributed by atoms with van der Waals surface area (Å²) in [5.74, 6) is 11.8. The fourth-order valence-corrected chi connectivity index (χ4v) is 4.87. The quantitative estimate of drug-likeness (QED) is 0.773. The normalized spacial score (nSPS) is 20.0. The number of hydrogen-bond donors (Lipinski definition) is 0. The molecule has 23 heavy (non-hydrogen) atoms. The zero-order valence-electron chi connectivity index (χ0n) is 13.8. The molecule has 0 amide bonds. The maximum atomic E-state index is 3.34. The van der Waals surface area contributed by atoms with Crippen molar-refractivity contribution < 1.29 is 0 Å². The van der Waals surface area contributed by atoms with E-state index in [-0.39, 0.29) is 0 Å². The minimum absolute atomic E-state index is 0.984. The molecule has 0 N–H and O–H groups in total. The molecule has 0 aromatic heterocycles. The second-order valence-corrected chi connectivity index (χ2v) is 8.54. The first-order chi connectivity index (χ1) is 11.4. The molecule has 0 radical (unpaired) electrons. The van der Waals surface area contributed by atoms with Gasteiger partial charge < -0.3 is 4.90 Å². The van der Waals surface area contributed by atoms with Gasteiger partial charge in [-0.15, -0.1) is 0 Å². The van der Waals surface area contributed by atoms with Crippen LogP contribution in [0.15, 0.2) is 24.3 Å². The third-order valence-electron chi connectivity index (χ3n) is 4.35. The number of hydrogen-bond acceptors (Lipinski definition) is 4. The maximum absolute atomic E-state index is 3.34. The van der Waals surface area contributed by atoms with E-state index in [9.17, 15) is 0 Å². The molecule has 3 rings (SSSR count). The fraction of sp³-hybridized carbons (Fsp3) is 0.579. The summed E-state index contributed by atoms with van der Waals surface area (Å²) in [6, 6.07) is 8.85. The van der Waals surface area contributed by atoms with Crippen molar-refractivity contribution in [3.63, 3.8) is 0 Å². The summed E-state index contributed by atoms with van der Waals surface area (Å²) >= 11 is 4.13. The zero-order valence-corrected chi connectivity index (χ0v) is 15.4. The Morgan fingerprint density at radius 1 is 0.826 bits per heavy atom. The van der Waals surface area contributed by atoms with Crippen molar-refractivity contribution in [2.24, 2.45) is 0 Å². The van der Waals surface area contributed by atoms with Crippen molar-refractivity contribution in [3.05, 3.63) is 35.4 Å². The van der Waals surface area contributed by atoms with Crippen LogP contribution < -0.4 is 0 Å². The molecule has 2 aliphatic rings. The maximum Gasteiger partial charge on any atom is 0.0245 e. The van der Waals surface area contributed by atoms with Crippen molar-refractivity contribution in [1.29, 1.82) is 0 Å². The van der Waals surface area contributed by atoms with Gasteiger partial charge in [-0.3, -0.25) is 4.90 Å². The Kier molecular flexibility index (Phi) is 7.22. The summed E-state index contributed by atoms with van der Waals surface area (Å²) in [5.41, 5.74) is 2.56. The fourth-order valence-electron chi connectivity index (χ4n) is 2.91. The Hall–Kier alpha value is -0.600. The summed E-state index contributed by atoms with van der Waals surface area (Å²) in [7, 11) is 0. The van der Waals surface area contributed by atoms with E-state index in [1.54, 1.807) is 0 Å². The number of benzene rings is 1. The lowest BCUT2D eigenvalue weighted by molar-refractivity contribution is 0.294. The van der Waals surface area contributed by atoms with Gasteiger partial charge in [0, 0.05) is 74.3 Å². The van der Waals surface area contributed by atoms with E-state index in [2.05, 4.69) is 69.4 Å². The smallest absolute Gasteiger partial charge is 0.0245 e. The standard InChI is InChI=1S/C19H26N2S2/c1(2-8-20-9-13-22-14-10-20)3-18-4-6-19(7-5-18)17-21-11-15-23-16-12-21/h4-7H,2,8-17H2. The predicted octanol–water partition coefficient (Wildman–Crippen LogP) is 3.03. The van der Waals surface area contributed by atoms with E-state index in [0.717, 1.165) is 25.1 Å². The largest absolute Gasteiger partial charge is 0.301 e. The molecule has 1 aromatic rings. The van der Waals surface area contributed by atoms with Crippen molar-refractivity contribution in [2.45, 2.75) is 13.0 Å². The Bertz CT molecular complexity index is 521. The molecule has 2 fully saturated rings. The highest BCUT2D eigenvalue weighted by Gasteiger charge is 2.10. The van der Waals surface area contributed by atoms with Crippen LogP contribution in [0.25, 0.3) is 0 Å². The average molecular weight is 347 g/mol. The molecule has 2 heterocycles. The van der Waals surface area contributed by atoms with Crippen LogP contribution in [0.1, 0.15) is 17.5 Å². The summed E-state index contributed by atoms with van der Waals surface area (Å²) < 4.78 is 0. The molecule has 1 aromatic carbocycles. The zero-order chi connectivity index (χ0) is 15.7. The summed E-state index contributed by atoms with van der Waals surface area (Å²) in [6.07, 6.45) is 0.984. The second-order valence-electron chi connectivity index (χ2n) is 6.09. The average Bonchev–Trinajstić information content (AvgIpc) is 2.62. The monoisotopic (exact) mass is 346 g/mol. The van der Waals surface area contributed by atoms with Crippen LogP contribution in [0.4, 0.5) is 0 Å². The van der Waals surface area contributed by atoms with E-state index in [1.807, 2.05) is 0 Å². The lowest BCUT2D eigenvalue weighted by Crippen LogP contribution is -2.33. The first-order valence-corrected chi connectivity index (χ1v) is 10.9. The third-order valence-corrected chi connectivity index (χ3v) is 6.24. The lowest BCUT2D eigenvalue weighted by atomic mass is 10.1. The molecule has 124 valence electrons. The number of rotatable bonds is 4. The first-order valence-electron chi connectivity index (χ1n) is 8.58. The van der Waals surface area contributed by atoms with Crippen LogP contribution in [0.3, 0.4) is 0 Å². The van der Waals surface area contributed by atoms with Crippen molar-refractivity contribution in [1.82, 2.24) is 9.80 Å². The predicted molar refractivity (Wildman–Crippen MR) is 104 cm³/mol. The number of thioether (sulfide) groups is 2. The van der Waals surface area contributed by atoms with E-state index in [4.69, 9.17) is 0 Å². The first kappa shape index (κ1) is 17.2. The van der Waals surface area contributed by atoms with Crippen LogP contribution in [0.2, 0.25) is 0 Å². The molecule has 2 nitrogen and oxygen atoms in total. The summed E-state index contributed by atoms with van der Waals surface area (Å²) in [4.78, 5) is 5.08. The molecule has 2 saturated heterocycles. The van der Waals surface area contributed by atoms with Crippen molar-refractivity contribution in [3.8, 4) is 11.8 Å². The molecular formula is C19H26N2S2. The molecule has 0 saturated carbocycles. The highest BCUT2D eigenvalue weighted by Crippen LogP contribution is 2.13. The Morgan fingerprint density at radius 3 is 2.09 bits per heavy atom. The van der Waals surface area contributed by atoms with Gasteiger partial charge in [0.05, 0.1) is 0 Å². The van der Waals surface area contributed by atoms with E-state index < -0.39 is 0 Å². The molecule has 0 unspecified atom stereocenters. The number of nitrogens with zero attached hydrogens (tertiary/aromatic N) is 2. The van der Waals surface area contributed by atoms with Gasteiger partial charge in [-0.2, -0.15) is 23.5 Å². The molecule has 0 aliphatic carbocycles. The van der Waals surface area contributed by atoms with Crippen molar-refractivity contribution >= 4 is 23.5 Å². The SMILES string of the molecule is C(#Cc1ccc(CN2CCSCC2)cc1)CCN1CCSCC1. The molecule has 0 atom stereocenters. The topological polar surface area (TPSA) is 6.48 Å². The summed E-state index contributed by atoms with van der Waals surface area (Å²) in [6.45, 7) is 7.12. The van der Waals surface area contributed by atoms with Gasteiger partial charge in [-0.05, 0) is 17.7 Å². The molecular weight excluding hydrogens is 320 g/mol. The van der Waals surface area contributed by atoms with E-state index in [0.29, 0.717) is 0 Å². The van der Waals surface area contributed by atoms with Crippen LogP contribution in [0.5, 0.6) is 0 Å².